The molecule has 22 heavy (non-hydrogen) atoms. The molecule has 0 saturated heterocycles. The Hall–Kier alpha value is -2.27. The molecular weight excluding hydrogens is 294 g/mol. The largest absolute Gasteiger partial charge is 0.361 e. The van der Waals surface area contributed by atoms with E-state index in [1.165, 1.54) is 16.9 Å². The zero-order valence-electron chi connectivity index (χ0n) is 11.9. The Labute approximate surface area is 131 Å². The monoisotopic (exact) mass is 309 g/mol. The molecule has 5 rings (SSSR count). The van der Waals surface area contributed by atoms with Crippen molar-refractivity contribution >= 4 is 33.1 Å². The molecule has 3 heterocycles. The van der Waals surface area contributed by atoms with Crippen LogP contribution in [0, 0.1) is 0 Å². The zero-order chi connectivity index (χ0) is 14.7. The van der Waals surface area contributed by atoms with Gasteiger partial charge in [-0.05, 0) is 30.9 Å². The number of aromatic amines is 1. The van der Waals surface area contributed by atoms with E-state index in [-0.39, 0.29) is 12.1 Å². The second-order valence-corrected chi connectivity index (χ2v) is 7.01. The number of nitrogens with one attached hydrogen (secondary N) is 3. The van der Waals surface area contributed by atoms with Gasteiger partial charge in [-0.1, -0.05) is 18.2 Å². The summed E-state index contributed by atoms with van der Waals surface area (Å²) in [5.41, 5.74) is 4.33. The van der Waals surface area contributed by atoms with Crippen LogP contribution in [-0.4, -0.2) is 10.9 Å². The molecule has 1 atom stereocenters. The summed E-state index contributed by atoms with van der Waals surface area (Å²) in [4.78, 5) is 17.3. The van der Waals surface area contributed by atoms with Crippen molar-refractivity contribution in [3.63, 3.8) is 0 Å². The number of carbonyl (C=O) groups excluding carboxylic acids is 1. The Morgan fingerprint density at radius 3 is 3.00 bits per heavy atom. The normalized spacial score (nSPS) is 19.6. The summed E-state index contributed by atoms with van der Waals surface area (Å²) >= 11 is 1.75. The highest BCUT2D eigenvalue weighted by Gasteiger charge is 2.33. The Kier molecular flexibility index (Phi) is 2.44. The van der Waals surface area contributed by atoms with E-state index >= 15 is 0 Å². The first-order chi connectivity index (χ1) is 10.8. The average Bonchev–Trinajstić information content (AvgIpc) is 3.19. The van der Waals surface area contributed by atoms with E-state index in [4.69, 9.17) is 0 Å². The fourth-order valence-electron chi connectivity index (χ4n) is 3.60. The van der Waals surface area contributed by atoms with Crippen molar-refractivity contribution in [2.45, 2.75) is 25.4 Å². The van der Waals surface area contributed by atoms with Gasteiger partial charge in [-0.2, -0.15) is 0 Å². The van der Waals surface area contributed by atoms with Crippen molar-refractivity contribution in [2.24, 2.45) is 0 Å². The van der Waals surface area contributed by atoms with E-state index in [2.05, 4.69) is 27.8 Å². The molecule has 0 saturated carbocycles. The van der Waals surface area contributed by atoms with Gasteiger partial charge >= 0.3 is 0 Å². The van der Waals surface area contributed by atoms with Gasteiger partial charge in [0.05, 0.1) is 5.56 Å². The Bertz CT molecular complexity index is 908. The molecule has 0 spiro atoms. The van der Waals surface area contributed by atoms with Crippen molar-refractivity contribution in [1.82, 2.24) is 10.3 Å². The van der Waals surface area contributed by atoms with Crippen LogP contribution in [0.3, 0.4) is 0 Å². The molecule has 110 valence electrons. The molecule has 4 nitrogen and oxygen atoms in total. The lowest BCUT2D eigenvalue weighted by atomic mass is 10.1. The van der Waals surface area contributed by atoms with Crippen molar-refractivity contribution < 1.29 is 4.79 Å². The van der Waals surface area contributed by atoms with Gasteiger partial charge in [0.1, 0.15) is 11.2 Å². The van der Waals surface area contributed by atoms with Gasteiger partial charge in [-0.3, -0.25) is 4.79 Å². The number of anilines is 1. The molecule has 1 aromatic carbocycles. The predicted molar refractivity (Wildman–Crippen MR) is 88.5 cm³/mol. The molecule has 3 aromatic rings. The van der Waals surface area contributed by atoms with Crippen LogP contribution in [0.2, 0.25) is 0 Å². The first-order valence-corrected chi connectivity index (χ1v) is 8.41. The summed E-state index contributed by atoms with van der Waals surface area (Å²) in [7, 11) is 0. The highest BCUT2D eigenvalue weighted by molar-refractivity contribution is 7.16. The van der Waals surface area contributed by atoms with Crippen LogP contribution in [0.1, 0.15) is 38.9 Å². The molecule has 0 radical (unpaired) electrons. The topological polar surface area (TPSA) is 56.9 Å². The molecule has 3 N–H and O–H groups in total. The summed E-state index contributed by atoms with van der Waals surface area (Å²) in [6, 6.07) is 8.17. The quantitative estimate of drug-likeness (QED) is 0.643. The van der Waals surface area contributed by atoms with E-state index in [1.807, 2.05) is 18.3 Å². The fourth-order valence-corrected chi connectivity index (χ4v) is 4.92. The van der Waals surface area contributed by atoms with Gasteiger partial charge in [0, 0.05) is 27.5 Å². The number of hydrogen-bond donors (Lipinski definition) is 3. The van der Waals surface area contributed by atoms with Crippen LogP contribution >= 0.6 is 11.3 Å². The molecule has 1 aliphatic heterocycles. The highest BCUT2D eigenvalue weighted by atomic mass is 32.1. The molecule has 0 bridgehead atoms. The van der Waals surface area contributed by atoms with E-state index in [9.17, 15) is 4.79 Å². The first kappa shape index (κ1) is 12.3. The number of amides is 1. The number of aryl methyl sites for hydroxylation is 1. The van der Waals surface area contributed by atoms with E-state index in [0.29, 0.717) is 0 Å². The number of para-hydroxylation sites is 1. The summed E-state index contributed by atoms with van der Waals surface area (Å²) in [6.45, 7) is 0. The van der Waals surface area contributed by atoms with Crippen molar-refractivity contribution in [3.05, 3.63) is 52.0 Å². The van der Waals surface area contributed by atoms with Gasteiger partial charge in [-0.25, -0.2) is 0 Å². The third-order valence-corrected chi connectivity index (χ3v) is 5.85. The minimum atomic E-state index is -0.171. The second kappa shape index (κ2) is 4.36. The third kappa shape index (κ3) is 1.60. The Morgan fingerprint density at radius 1 is 1.14 bits per heavy atom. The van der Waals surface area contributed by atoms with E-state index in [1.54, 1.807) is 11.3 Å². The van der Waals surface area contributed by atoms with Crippen molar-refractivity contribution in [2.75, 3.05) is 5.32 Å². The van der Waals surface area contributed by atoms with Crippen LogP contribution in [0.15, 0.2) is 30.5 Å². The van der Waals surface area contributed by atoms with E-state index < -0.39 is 0 Å². The Balaban J connectivity index is 1.59. The number of thiophene rings is 1. The lowest BCUT2D eigenvalue weighted by Crippen LogP contribution is -2.38. The minimum absolute atomic E-state index is 0.0587. The second-order valence-electron chi connectivity index (χ2n) is 5.90. The molecule has 1 amide bonds. The van der Waals surface area contributed by atoms with Crippen LogP contribution in [0.25, 0.3) is 10.9 Å². The van der Waals surface area contributed by atoms with Gasteiger partial charge in [0.15, 0.2) is 0 Å². The molecule has 5 heteroatoms. The van der Waals surface area contributed by atoms with Crippen molar-refractivity contribution in [3.8, 4) is 0 Å². The number of aromatic nitrogens is 1. The molecular formula is C17H15N3OS. The first-order valence-electron chi connectivity index (χ1n) is 7.59. The maximum atomic E-state index is 12.6. The molecule has 2 aliphatic rings. The molecule has 2 aromatic heterocycles. The summed E-state index contributed by atoms with van der Waals surface area (Å²) in [5, 5.41) is 8.81. The predicted octanol–water partition coefficient (Wildman–Crippen LogP) is 3.57. The minimum Gasteiger partial charge on any atom is -0.361 e. The smallest absolute Gasteiger partial charge is 0.256 e. The van der Waals surface area contributed by atoms with Crippen LogP contribution < -0.4 is 10.6 Å². The van der Waals surface area contributed by atoms with Gasteiger partial charge < -0.3 is 15.6 Å². The average molecular weight is 309 g/mol. The molecule has 0 unspecified atom stereocenters. The summed E-state index contributed by atoms with van der Waals surface area (Å²) in [6.07, 6.45) is 5.13. The maximum absolute atomic E-state index is 12.6. The number of rotatable bonds is 1. The standard InChI is InChI=1S/C17H15N3OS/c21-16-14-10-5-3-7-13(10)22-17(14)20-15(19-16)11-8-18-12-6-2-1-4-9(11)12/h1-2,4,6,8,15,18,20H,3,5,7H2,(H,19,21)/t15-/m1/s1. The Morgan fingerprint density at radius 2 is 2.05 bits per heavy atom. The third-order valence-electron chi connectivity index (χ3n) is 4.63. The zero-order valence-corrected chi connectivity index (χ0v) is 12.7. The summed E-state index contributed by atoms with van der Waals surface area (Å²) < 4.78 is 0. The van der Waals surface area contributed by atoms with Gasteiger partial charge in [0.2, 0.25) is 0 Å². The summed E-state index contributed by atoms with van der Waals surface area (Å²) in [5.74, 6) is 0.0587. The SMILES string of the molecule is O=C1N[C@@H](c2c[nH]c3ccccc23)Nc2sc3c(c21)CCC3. The molecule has 1 aliphatic carbocycles. The van der Waals surface area contributed by atoms with Crippen LogP contribution in [-0.2, 0) is 12.8 Å². The maximum Gasteiger partial charge on any atom is 0.256 e. The number of fused-ring (bicyclic) bond motifs is 4. The lowest BCUT2D eigenvalue weighted by Gasteiger charge is -2.26. The van der Waals surface area contributed by atoms with Crippen LogP contribution in [0.4, 0.5) is 5.00 Å². The number of hydrogen-bond acceptors (Lipinski definition) is 3. The number of carbonyl (C=O) groups is 1. The van der Waals surface area contributed by atoms with Crippen LogP contribution in [0.5, 0.6) is 0 Å². The number of H-pyrrole nitrogens is 1. The number of benzene rings is 1. The van der Waals surface area contributed by atoms with Gasteiger partial charge in [0.25, 0.3) is 5.91 Å². The highest BCUT2D eigenvalue weighted by Crippen LogP contribution is 2.42. The molecule has 0 fully saturated rings. The fraction of sp³-hybridized carbons (Fsp3) is 0.235. The van der Waals surface area contributed by atoms with E-state index in [0.717, 1.165) is 39.9 Å². The van der Waals surface area contributed by atoms with Crippen molar-refractivity contribution in [1.29, 1.82) is 0 Å². The lowest BCUT2D eigenvalue weighted by molar-refractivity contribution is 0.0936. The van der Waals surface area contributed by atoms with Gasteiger partial charge in [-0.15, -0.1) is 11.3 Å².